The molecule has 2 N–H and O–H groups in total. The van der Waals surface area contributed by atoms with E-state index < -0.39 is 12.0 Å². The van der Waals surface area contributed by atoms with Gasteiger partial charge in [0.1, 0.15) is 6.04 Å². The minimum Gasteiger partial charge on any atom is -0.480 e. The number of halogens is 1. The molecule has 0 aromatic heterocycles. The van der Waals surface area contributed by atoms with Gasteiger partial charge in [0.15, 0.2) is 0 Å². The highest BCUT2D eigenvalue weighted by Crippen LogP contribution is 2.05. The highest BCUT2D eigenvalue weighted by molar-refractivity contribution is 5.85. The monoisotopic (exact) mass is 342 g/mol. The van der Waals surface area contributed by atoms with Gasteiger partial charge in [0, 0.05) is 13.1 Å². The Hall–Kier alpha value is -1.63. The Kier molecular flexibility index (Phi) is 8.61. The molecule has 23 heavy (non-hydrogen) atoms. The summed E-state index contributed by atoms with van der Waals surface area (Å²) in [6.45, 7) is 2.86. The number of morpholine rings is 1. The SMILES string of the molecule is Cl.O=C(CN1CCOCC1)N[C@@H](CCc1ccccc1)C(=O)O. The van der Waals surface area contributed by atoms with Crippen molar-refractivity contribution in [3.8, 4) is 0 Å². The van der Waals surface area contributed by atoms with Gasteiger partial charge in [0.05, 0.1) is 19.8 Å². The number of ether oxygens (including phenoxy) is 1. The minimum atomic E-state index is -0.994. The average Bonchev–Trinajstić information content (AvgIpc) is 2.53. The number of carbonyl (C=O) groups excluding carboxylic acids is 1. The van der Waals surface area contributed by atoms with Crippen LogP contribution in [-0.4, -0.2) is 60.8 Å². The number of aliphatic carboxylic acids is 1. The lowest BCUT2D eigenvalue weighted by Gasteiger charge is -2.26. The molecular formula is C16H23ClN2O4. The summed E-state index contributed by atoms with van der Waals surface area (Å²) in [4.78, 5) is 25.2. The Bertz CT molecular complexity index is 492. The van der Waals surface area contributed by atoms with E-state index in [4.69, 9.17) is 4.74 Å². The quantitative estimate of drug-likeness (QED) is 0.771. The van der Waals surface area contributed by atoms with Crippen LogP contribution in [0.25, 0.3) is 0 Å². The molecule has 1 atom stereocenters. The van der Waals surface area contributed by atoms with E-state index >= 15 is 0 Å². The standard InChI is InChI=1S/C16H22N2O4.ClH/c19-15(12-18-8-10-22-11-9-18)17-14(16(20)21)7-6-13-4-2-1-3-5-13;/h1-5,14H,6-12H2,(H,17,19)(H,20,21);1H/t14-;/m0./s1. The number of amides is 1. The van der Waals surface area contributed by atoms with Crippen molar-refractivity contribution in [2.45, 2.75) is 18.9 Å². The molecule has 0 bridgehead atoms. The molecule has 0 aliphatic carbocycles. The van der Waals surface area contributed by atoms with Gasteiger partial charge in [-0.2, -0.15) is 0 Å². The largest absolute Gasteiger partial charge is 0.480 e. The van der Waals surface area contributed by atoms with Crippen molar-refractivity contribution >= 4 is 24.3 Å². The van der Waals surface area contributed by atoms with E-state index in [2.05, 4.69) is 5.32 Å². The highest BCUT2D eigenvalue weighted by atomic mass is 35.5. The van der Waals surface area contributed by atoms with Gasteiger partial charge in [-0.3, -0.25) is 9.69 Å². The molecule has 0 saturated carbocycles. The summed E-state index contributed by atoms with van der Waals surface area (Å²) in [7, 11) is 0. The summed E-state index contributed by atoms with van der Waals surface area (Å²) in [6.07, 6.45) is 1.00. The molecule has 0 unspecified atom stereocenters. The Labute approximate surface area is 142 Å². The first kappa shape index (κ1) is 19.4. The van der Waals surface area contributed by atoms with E-state index in [1.165, 1.54) is 0 Å². The van der Waals surface area contributed by atoms with Crippen molar-refractivity contribution in [1.82, 2.24) is 10.2 Å². The van der Waals surface area contributed by atoms with Gasteiger partial charge in [-0.05, 0) is 18.4 Å². The molecule has 1 aliphatic heterocycles. The maximum absolute atomic E-state index is 12.0. The van der Waals surface area contributed by atoms with Gasteiger partial charge in [0.25, 0.3) is 0 Å². The summed E-state index contributed by atoms with van der Waals surface area (Å²) in [5.74, 6) is -1.24. The molecule has 1 fully saturated rings. The summed E-state index contributed by atoms with van der Waals surface area (Å²) < 4.78 is 5.22. The van der Waals surface area contributed by atoms with Crippen LogP contribution in [0.2, 0.25) is 0 Å². The van der Waals surface area contributed by atoms with E-state index in [1.54, 1.807) is 0 Å². The summed E-state index contributed by atoms with van der Waals surface area (Å²) in [6, 6.07) is 8.81. The van der Waals surface area contributed by atoms with Gasteiger partial charge in [0.2, 0.25) is 5.91 Å². The van der Waals surface area contributed by atoms with E-state index in [1.807, 2.05) is 35.2 Å². The van der Waals surface area contributed by atoms with E-state index in [0.717, 1.165) is 5.56 Å². The van der Waals surface area contributed by atoms with Crippen LogP contribution in [0.4, 0.5) is 0 Å². The number of nitrogens with one attached hydrogen (secondary N) is 1. The lowest BCUT2D eigenvalue weighted by Crippen LogP contribution is -2.48. The number of carboxylic acids is 1. The van der Waals surface area contributed by atoms with Crippen LogP contribution in [0, 0.1) is 0 Å². The average molecular weight is 343 g/mol. The molecule has 0 spiro atoms. The number of rotatable bonds is 7. The number of carboxylic acid groups (broad SMARTS) is 1. The third-order valence-electron chi connectivity index (χ3n) is 3.67. The van der Waals surface area contributed by atoms with Crippen molar-refractivity contribution < 1.29 is 19.4 Å². The molecule has 7 heteroatoms. The first-order chi connectivity index (χ1) is 10.6. The second kappa shape index (κ2) is 10.2. The summed E-state index contributed by atoms with van der Waals surface area (Å²) in [5, 5.41) is 11.9. The van der Waals surface area contributed by atoms with Crippen molar-refractivity contribution in [1.29, 1.82) is 0 Å². The number of benzene rings is 1. The van der Waals surface area contributed by atoms with E-state index in [9.17, 15) is 14.7 Å². The molecule has 128 valence electrons. The fourth-order valence-electron chi connectivity index (χ4n) is 2.42. The second-order valence-corrected chi connectivity index (χ2v) is 5.37. The molecule has 1 amide bonds. The molecule has 1 aromatic carbocycles. The maximum atomic E-state index is 12.0. The van der Waals surface area contributed by atoms with Gasteiger partial charge in [-0.1, -0.05) is 30.3 Å². The van der Waals surface area contributed by atoms with Crippen LogP contribution in [-0.2, 0) is 20.7 Å². The highest BCUT2D eigenvalue weighted by Gasteiger charge is 2.21. The minimum absolute atomic E-state index is 0. The van der Waals surface area contributed by atoms with E-state index in [0.29, 0.717) is 39.1 Å². The van der Waals surface area contributed by atoms with Crippen molar-refractivity contribution in [2.75, 3.05) is 32.8 Å². The lowest BCUT2D eigenvalue weighted by atomic mass is 10.1. The molecule has 2 rings (SSSR count). The molecule has 0 radical (unpaired) electrons. The van der Waals surface area contributed by atoms with Crippen LogP contribution in [0.3, 0.4) is 0 Å². The maximum Gasteiger partial charge on any atom is 0.326 e. The normalized spacial score (nSPS) is 16.2. The van der Waals surface area contributed by atoms with Crippen LogP contribution < -0.4 is 5.32 Å². The molecule has 1 saturated heterocycles. The molecular weight excluding hydrogens is 320 g/mol. The number of carbonyl (C=O) groups is 2. The molecule has 1 aromatic rings. The Morgan fingerprint density at radius 2 is 1.87 bits per heavy atom. The van der Waals surface area contributed by atoms with Crippen molar-refractivity contribution in [2.24, 2.45) is 0 Å². The Balaban J connectivity index is 0.00000264. The van der Waals surface area contributed by atoms with E-state index in [-0.39, 0.29) is 24.9 Å². The predicted octanol–water partition coefficient (Wildman–Crippen LogP) is 0.943. The third kappa shape index (κ3) is 6.99. The number of hydrogen-bond donors (Lipinski definition) is 2. The summed E-state index contributed by atoms with van der Waals surface area (Å²) in [5.41, 5.74) is 1.07. The topological polar surface area (TPSA) is 78.9 Å². The van der Waals surface area contributed by atoms with Gasteiger partial charge >= 0.3 is 5.97 Å². The molecule has 1 heterocycles. The Morgan fingerprint density at radius 1 is 1.22 bits per heavy atom. The van der Waals surface area contributed by atoms with Crippen LogP contribution in [0.1, 0.15) is 12.0 Å². The fourth-order valence-corrected chi connectivity index (χ4v) is 2.42. The zero-order chi connectivity index (χ0) is 15.8. The fraction of sp³-hybridized carbons (Fsp3) is 0.500. The van der Waals surface area contributed by atoms with Crippen molar-refractivity contribution in [3.05, 3.63) is 35.9 Å². The van der Waals surface area contributed by atoms with Crippen LogP contribution in [0.15, 0.2) is 30.3 Å². The van der Waals surface area contributed by atoms with Gasteiger partial charge in [-0.25, -0.2) is 4.79 Å². The second-order valence-electron chi connectivity index (χ2n) is 5.37. The van der Waals surface area contributed by atoms with Crippen LogP contribution >= 0.6 is 12.4 Å². The first-order valence-corrected chi connectivity index (χ1v) is 7.51. The van der Waals surface area contributed by atoms with Crippen molar-refractivity contribution in [3.63, 3.8) is 0 Å². The zero-order valence-corrected chi connectivity index (χ0v) is 13.8. The summed E-state index contributed by atoms with van der Waals surface area (Å²) >= 11 is 0. The van der Waals surface area contributed by atoms with Crippen LogP contribution in [0.5, 0.6) is 0 Å². The predicted molar refractivity (Wildman–Crippen MR) is 88.8 cm³/mol. The lowest BCUT2D eigenvalue weighted by molar-refractivity contribution is -0.142. The number of nitrogens with zero attached hydrogens (tertiary/aromatic N) is 1. The molecule has 6 nitrogen and oxygen atoms in total. The number of hydrogen-bond acceptors (Lipinski definition) is 4. The Morgan fingerprint density at radius 3 is 2.48 bits per heavy atom. The van der Waals surface area contributed by atoms with Gasteiger partial charge in [-0.15, -0.1) is 12.4 Å². The third-order valence-corrected chi connectivity index (χ3v) is 3.67. The number of aryl methyl sites for hydroxylation is 1. The zero-order valence-electron chi connectivity index (χ0n) is 12.9. The first-order valence-electron chi connectivity index (χ1n) is 7.51. The smallest absolute Gasteiger partial charge is 0.326 e. The van der Waals surface area contributed by atoms with Gasteiger partial charge < -0.3 is 15.2 Å². The molecule has 1 aliphatic rings.